The van der Waals surface area contributed by atoms with Crippen molar-refractivity contribution in [1.82, 2.24) is 0 Å². The van der Waals surface area contributed by atoms with E-state index < -0.39 is 0 Å². The van der Waals surface area contributed by atoms with Crippen molar-refractivity contribution >= 4 is 9.52 Å². The van der Waals surface area contributed by atoms with Crippen molar-refractivity contribution in [2.45, 2.75) is 59.7 Å². The van der Waals surface area contributed by atoms with Gasteiger partial charge in [0.1, 0.15) is 0 Å². The zero-order chi connectivity index (χ0) is 12.7. The summed E-state index contributed by atoms with van der Waals surface area (Å²) in [7, 11) is 0.750. The fourth-order valence-electron chi connectivity index (χ4n) is 1.22. The monoisotopic (exact) mass is 284 g/mol. The molecular weight excluding hydrogens is 258 g/mol. The molecule has 0 unspecified atom stereocenters. The van der Waals surface area contributed by atoms with Crippen LogP contribution < -0.4 is 0 Å². The molecule has 0 amide bonds. The van der Waals surface area contributed by atoms with E-state index >= 15 is 0 Å². The largest absolute Gasteiger partial charge is 2.00 e. The van der Waals surface area contributed by atoms with Gasteiger partial charge in [0.2, 0.25) is 0 Å². The van der Waals surface area contributed by atoms with E-state index in [1.165, 1.54) is 22.3 Å². The molecule has 0 spiro atoms. The van der Waals surface area contributed by atoms with Crippen LogP contribution in [0, 0.1) is 27.7 Å². The van der Waals surface area contributed by atoms with Gasteiger partial charge in [-0.2, -0.15) is 28.3 Å². The van der Waals surface area contributed by atoms with Crippen LogP contribution in [0.5, 0.6) is 0 Å². The van der Waals surface area contributed by atoms with Gasteiger partial charge >= 0.3 is 21.7 Å². The maximum absolute atomic E-state index is 6.69. The summed E-state index contributed by atoms with van der Waals surface area (Å²) in [5.74, 6) is 0. The third kappa shape index (κ3) is 8.90. The van der Waals surface area contributed by atoms with E-state index in [1.54, 1.807) is 0 Å². The normalized spacial score (nSPS) is 12.6. The van der Waals surface area contributed by atoms with Gasteiger partial charge in [0.25, 0.3) is 0 Å². The fourth-order valence-corrected chi connectivity index (χ4v) is 1.22. The number of rotatable bonds is 0. The Morgan fingerprint density at radius 2 is 1.59 bits per heavy atom. The van der Waals surface area contributed by atoms with Crippen molar-refractivity contribution in [2.75, 3.05) is 0 Å². The smallest absolute Gasteiger partial charge is 0.675 e. The minimum absolute atomic E-state index is 0. The predicted octanol–water partition coefficient (Wildman–Crippen LogP) is 4.36. The summed E-state index contributed by atoms with van der Waals surface area (Å²) in [4.78, 5) is 0. The van der Waals surface area contributed by atoms with Crippen molar-refractivity contribution < 1.29 is 21.7 Å². The van der Waals surface area contributed by atoms with Crippen LogP contribution in [0.4, 0.5) is 0 Å². The molecule has 0 aliphatic heterocycles. The SMILES string of the molecule is C[SiH]C.Cc1c[c-](C)c(C)c1C.[NH-]C1CC1.[Ti+2]. The minimum Gasteiger partial charge on any atom is -0.675 e. The van der Waals surface area contributed by atoms with E-state index in [0.29, 0.717) is 6.04 Å². The van der Waals surface area contributed by atoms with E-state index in [1.807, 2.05) is 0 Å². The Labute approximate surface area is 125 Å². The Bertz CT molecular complexity index is 281. The summed E-state index contributed by atoms with van der Waals surface area (Å²) in [6.07, 6.45) is 2.31. The van der Waals surface area contributed by atoms with Gasteiger partial charge in [-0.1, -0.05) is 53.6 Å². The second kappa shape index (κ2) is 10.2. The molecule has 1 nitrogen and oxygen atoms in total. The predicted molar refractivity (Wildman–Crippen MR) is 77.2 cm³/mol. The van der Waals surface area contributed by atoms with E-state index in [9.17, 15) is 0 Å². The summed E-state index contributed by atoms with van der Waals surface area (Å²) in [6.45, 7) is 13.1. The summed E-state index contributed by atoms with van der Waals surface area (Å²) in [6, 6.07) is 2.57. The molecular formula is C14H26NSiTi. The van der Waals surface area contributed by atoms with E-state index in [-0.39, 0.29) is 21.7 Å². The zero-order valence-corrected chi connectivity index (χ0v) is 14.9. The molecule has 17 heavy (non-hydrogen) atoms. The Balaban J connectivity index is 0. The summed E-state index contributed by atoms with van der Waals surface area (Å²) in [5, 5.41) is 0. The molecule has 1 radical (unpaired) electrons. The molecule has 1 aromatic rings. The molecule has 0 bridgehead atoms. The molecule has 1 fully saturated rings. The van der Waals surface area contributed by atoms with Gasteiger partial charge in [-0.05, 0) is 0 Å². The summed E-state index contributed by atoms with van der Waals surface area (Å²) in [5.41, 5.74) is 12.4. The fraction of sp³-hybridized carbons (Fsp3) is 0.643. The maximum Gasteiger partial charge on any atom is 2.00 e. The third-order valence-corrected chi connectivity index (χ3v) is 2.76. The molecule has 1 aliphatic carbocycles. The van der Waals surface area contributed by atoms with Gasteiger partial charge in [-0.25, -0.2) is 0 Å². The molecule has 1 aromatic carbocycles. The van der Waals surface area contributed by atoms with Crippen LogP contribution in [0.2, 0.25) is 13.1 Å². The summed E-state index contributed by atoms with van der Waals surface area (Å²) < 4.78 is 0. The van der Waals surface area contributed by atoms with Crippen LogP contribution in [-0.4, -0.2) is 15.6 Å². The molecule has 0 heterocycles. The van der Waals surface area contributed by atoms with Crippen molar-refractivity contribution in [3.8, 4) is 0 Å². The molecule has 1 aliphatic rings. The van der Waals surface area contributed by atoms with Gasteiger partial charge in [0, 0.05) is 9.52 Å². The topological polar surface area (TPSA) is 23.8 Å². The van der Waals surface area contributed by atoms with Crippen LogP contribution >= 0.6 is 0 Å². The molecule has 0 aromatic heterocycles. The van der Waals surface area contributed by atoms with Crippen molar-refractivity contribution in [1.29, 1.82) is 0 Å². The third-order valence-electron chi connectivity index (χ3n) is 2.76. The van der Waals surface area contributed by atoms with Crippen LogP contribution in [-0.2, 0) is 21.7 Å². The van der Waals surface area contributed by atoms with Crippen LogP contribution in [0.1, 0.15) is 35.1 Å². The van der Waals surface area contributed by atoms with Crippen LogP contribution in [0.15, 0.2) is 6.07 Å². The van der Waals surface area contributed by atoms with Gasteiger partial charge in [-0.15, -0.1) is 6.04 Å². The van der Waals surface area contributed by atoms with Crippen molar-refractivity contribution in [3.05, 3.63) is 34.1 Å². The molecule has 95 valence electrons. The van der Waals surface area contributed by atoms with Crippen LogP contribution in [0.3, 0.4) is 0 Å². The number of hydrogen-bond acceptors (Lipinski definition) is 0. The van der Waals surface area contributed by atoms with E-state index in [0.717, 1.165) is 22.4 Å². The Kier molecular flexibility index (Phi) is 11.7. The van der Waals surface area contributed by atoms with Gasteiger partial charge < -0.3 is 5.73 Å². The van der Waals surface area contributed by atoms with Gasteiger partial charge in [0.05, 0.1) is 0 Å². The average molecular weight is 284 g/mol. The zero-order valence-electron chi connectivity index (χ0n) is 12.1. The second-order valence-electron chi connectivity index (χ2n) is 4.61. The Hall–Kier alpha value is 0.241. The van der Waals surface area contributed by atoms with Gasteiger partial charge in [-0.3, -0.25) is 0 Å². The molecule has 2 rings (SSSR count). The first-order chi connectivity index (χ1) is 7.43. The average Bonchev–Trinajstić information content (AvgIpc) is 2.96. The maximum atomic E-state index is 6.69. The first kappa shape index (κ1) is 19.6. The second-order valence-corrected chi connectivity index (χ2v) is 5.77. The molecule has 1 saturated carbocycles. The van der Waals surface area contributed by atoms with Gasteiger partial charge in [0.15, 0.2) is 0 Å². The summed E-state index contributed by atoms with van der Waals surface area (Å²) >= 11 is 0. The molecule has 0 atom stereocenters. The first-order valence-corrected chi connectivity index (χ1v) is 8.40. The number of aryl methyl sites for hydroxylation is 2. The quantitative estimate of drug-likeness (QED) is 0.499. The molecule has 3 heteroatoms. The van der Waals surface area contributed by atoms with Crippen LogP contribution in [0.25, 0.3) is 5.73 Å². The molecule has 0 saturated heterocycles. The number of nitrogens with one attached hydrogen (secondary N) is 1. The Morgan fingerprint density at radius 3 is 1.65 bits per heavy atom. The first-order valence-electron chi connectivity index (χ1n) is 6.09. The van der Waals surface area contributed by atoms with E-state index in [4.69, 9.17) is 5.73 Å². The Morgan fingerprint density at radius 1 is 1.24 bits per heavy atom. The molecule has 1 N–H and O–H groups in total. The number of hydrogen-bond donors (Lipinski definition) is 0. The van der Waals surface area contributed by atoms with Crippen molar-refractivity contribution in [2.24, 2.45) is 0 Å². The standard InChI is InChI=1S/C9H13.C3H6N.C2H7Si.Ti/c1-6-5-7(2)9(4)8(6)3;4-3-1-2-3;1-3-2;/h5H,1-4H3;3-4H,1-2H2;3H,1-2H3;/q2*-1;;+2. The minimum atomic E-state index is 0. The van der Waals surface area contributed by atoms with Crippen molar-refractivity contribution in [3.63, 3.8) is 0 Å². The van der Waals surface area contributed by atoms with E-state index in [2.05, 4.69) is 46.9 Å².